The van der Waals surface area contributed by atoms with Gasteiger partial charge in [0.25, 0.3) is 0 Å². The van der Waals surface area contributed by atoms with Crippen molar-refractivity contribution in [3.8, 4) is 0 Å². The van der Waals surface area contributed by atoms with Crippen molar-refractivity contribution in [2.75, 3.05) is 25.5 Å². The van der Waals surface area contributed by atoms with Gasteiger partial charge in [-0.15, -0.1) is 11.3 Å². The Bertz CT molecular complexity index is 485. The number of rotatable bonds is 9. The van der Waals surface area contributed by atoms with E-state index in [2.05, 4.69) is 31.0 Å². The highest BCUT2D eigenvalue weighted by atomic mass is 32.1. The van der Waals surface area contributed by atoms with E-state index >= 15 is 0 Å². The Morgan fingerprint density at radius 2 is 2.09 bits per heavy atom. The zero-order valence-corrected chi connectivity index (χ0v) is 14.7. The number of thiophene rings is 1. The van der Waals surface area contributed by atoms with Gasteiger partial charge in [0.2, 0.25) is 5.91 Å². The lowest BCUT2D eigenvalue weighted by atomic mass is 10.2. The molecule has 0 aliphatic heterocycles. The van der Waals surface area contributed by atoms with Crippen molar-refractivity contribution >= 4 is 28.9 Å². The second-order valence-electron chi connectivity index (χ2n) is 5.47. The van der Waals surface area contributed by atoms with Crippen molar-refractivity contribution in [3.05, 3.63) is 16.3 Å². The molecule has 1 N–H and O–H groups in total. The first kappa shape index (κ1) is 18.6. The van der Waals surface area contributed by atoms with Gasteiger partial charge in [0.1, 0.15) is 4.88 Å². The molecule has 1 rings (SSSR count). The number of methoxy groups -OCH3 is 1. The summed E-state index contributed by atoms with van der Waals surface area (Å²) in [6.45, 7) is 7.58. The number of anilines is 1. The lowest BCUT2D eigenvalue weighted by Crippen LogP contribution is -2.38. The van der Waals surface area contributed by atoms with E-state index in [1.807, 2.05) is 0 Å². The van der Waals surface area contributed by atoms with Crippen LogP contribution in [0.5, 0.6) is 0 Å². The summed E-state index contributed by atoms with van der Waals surface area (Å²) in [4.78, 5) is 26.4. The Morgan fingerprint density at radius 3 is 2.68 bits per heavy atom. The van der Waals surface area contributed by atoms with Crippen LogP contribution in [-0.4, -0.2) is 43.0 Å². The van der Waals surface area contributed by atoms with Crippen LogP contribution in [0.3, 0.4) is 0 Å². The van der Waals surface area contributed by atoms with E-state index in [4.69, 9.17) is 4.74 Å². The standard InChI is InChI=1S/C16H26N2O3S/c1-5-6-7-9-18(12(2)3)11-14(19)17-13-8-10-22-15(13)16(20)21-4/h8,10,12H,5-7,9,11H2,1-4H3,(H,17,19). The summed E-state index contributed by atoms with van der Waals surface area (Å²) in [5, 5.41) is 4.58. The minimum atomic E-state index is -0.422. The Kier molecular flexibility index (Phi) is 8.12. The van der Waals surface area contributed by atoms with Crippen LogP contribution < -0.4 is 5.32 Å². The maximum Gasteiger partial charge on any atom is 0.350 e. The fourth-order valence-corrected chi connectivity index (χ4v) is 2.88. The predicted octanol–water partition coefficient (Wildman–Crippen LogP) is 3.37. The fraction of sp³-hybridized carbons (Fsp3) is 0.625. The molecular formula is C16H26N2O3S. The molecule has 5 nitrogen and oxygen atoms in total. The molecule has 0 spiro atoms. The number of carbonyl (C=O) groups is 2. The highest BCUT2D eigenvalue weighted by Crippen LogP contribution is 2.23. The predicted molar refractivity (Wildman–Crippen MR) is 90.5 cm³/mol. The van der Waals surface area contributed by atoms with Gasteiger partial charge in [-0.25, -0.2) is 4.79 Å². The molecule has 0 aliphatic carbocycles. The third-order valence-corrected chi connectivity index (χ3v) is 4.33. The number of hydrogen-bond acceptors (Lipinski definition) is 5. The Balaban J connectivity index is 2.60. The van der Waals surface area contributed by atoms with Crippen LogP contribution in [-0.2, 0) is 9.53 Å². The lowest BCUT2D eigenvalue weighted by Gasteiger charge is -2.25. The molecule has 1 amide bonds. The van der Waals surface area contributed by atoms with E-state index in [0.29, 0.717) is 23.2 Å². The minimum Gasteiger partial charge on any atom is -0.465 e. The number of nitrogens with one attached hydrogen (secondary N) is 1. The molecule has 22 heavy (non-hydrogen) atoms. The molecule has 0 radical (unpaired) electrons. The maximum atomic E-state index is 12.2. The van der Waals surface area contributed by atoms with Crippen molar-refractivity contribution in [1.82, 2.24) is 4.90 Å². The average Bonchev–Trinajstić information content (AvgIpc) is 2.93. The number of amides is 1. The van der Waals surface area contributed by atoms with Gasteiger partial charge in [0, 0.05) is 6.04 Å². The first-order valence-corrected chi connectivity index (χ1v) is 8.57. The highest BCUT2D eigenvalue weighted by molar-refractivity contribution is 7.12. The normalized spacial score (nSPS) is 11.0. The van der Waals surface area contributed by atoms with Gasteiger partial charge >= 0.3 is 5.97 Å². The van der Waals surface area contributed by atoms with E-state index in [9.17, 15) is 9.59 Å². The summed E-state index contributed by atoms with van der Waals surface area (Å²) < 4.78 is 4.71. The number of unbranched alkanes of at least 4 members (excludes halogenated alkanes) is 2. The summed E-state index contributed by atoms with van der Waals surface area (Å²) >= 11 is 1.26. The van der Waals surface area contributed by atoms with Crippen molar-refractivity contribution in [2.24, 2.45) is 0 Å². The number of nitrogens with zero attached hydrogens (tertiary/aromatic N) is 1. The molecule has 0 aliphatic rings. The minimum absolute atomic E-state index is 0.103. The molecule has 1 heterocycles. The Hall–Kier alpha value is -1.40. The van der Waals surface area contributed by atoms with Gasteiger partial charge in [0.05, 0.1) is 19.3 Å². The number of esters is 1. The van der Waals surface area contributed by atoms with Crippen molar-refractivity contribution in [1.29, 1.82) is 0 Å². The monoisotopic (exact) mass is 326 g/mol. The van der Waals surface area contributed by atoms with Crippen molar-refractivity contribution in [3.63, 3.8) is 0 Å². The SMILES string of the molecule is CCCCCN(CC(=O)Nc1ccsc1C(=O)OC)C(C)C. The molecule has 1 aromatic heterocycles. The number of carbonyl (C=O) groups excluding carboxylic acids is 2. The molecule has 6 heteroatoms. The quantitative estimate of drug-likeness (QED) is 0.558. The first-order chi connectivity index (χ1) is 10.5. The van der Waals surface area contributed by atoms with Crippen LogP contribution in [0.1, 0.15) is 49.7 Å². The molecule has 1 aromatic rings. The summed E-state index contributed by atoms with van der Waals surface area (Å²) in [6.07, 6.45) is 3.42. The van der Waals surface area contributed by atoms with E-state index in [1.165, 1.54) is 24.9 Å². The van der Waals surface area contributed by atoms with Crippen LogP contribution in [0.15, 0.2) is 11.4 Å². The van der Waals surface area contributed by atoms with Crippen LogP contribution in [0.2, 0.25) is 0 Å². The van der Waals surface area contributed by atoms with E-state index in [0.717, 1.165) is 19.4 Å². The van der Waals surface area contributed by atoms with E-state index < -0.39 is 5.97 Å². The van der Waals surface area contributed by atoms with Crippen molar-refractivity contribution in [2.45, 2.75) is 46.1 Å². The van der Waals surface area contributed by atoms with Gasteiger partial charge < -0.3 is 10.1 Å². The maximum absolute atomic E-state index is 12.2. The summed E-state index contributed by atoms with van der Waals surface area (Å²) in [6, 6.07) is 2.04. The molecule has 124 valence electrons. The molecule has 0 fully saturated rings. The largest absolute Gasteiger partial charge is 0.465 e. The van der Waals surface area contributed by atoms with Gasteiger partial charge in [-0.05, 0) is 38.3 Å². The smallest absolute Gasteiger partial charge is 0.350 e. The second-order valence-corrected chi connectivity index (χ2v) is 6.39. The van der Waals surface area contributed by atoms with E-state index in [1.54, 1.807) is 11.4 Å². The van der Waals surface area contributed by atoms with E-state index in [-0.39, 0.29) is 5.91 Å². The topological polar surface area (TPSA) is 58.6 Å². The Morgan fingerprint density at radius 1 is 1.36 bits per heavy atom. The van der Waals surface area contributed by atoms with Gasteiger partial charge in [-0.3, -0.25) is 9.69 Å². The fourth-order valence-electron chi connectivity index (χ4n) is 2.12. The average molecular weight is 326 g/mol. The molecule has 0 saturated heterocycles. The number of hydrogen-bond donors (Lipinski definition) is 1. The van der Waals surface area contributed by atoms with Gasteiger partial charge in [-0.1, -0.05) is 19.8 Å². The molecular weight excluding hydrogens is 300 g/mol. The molecule has 0 unspecified atom stereocenters. The van der Waals surface area contributed by atoms with Crippen LogP contribution >= 0.6 is 11.3 Å². The number of ether oxygens (including phenoxy) is 1. The molecule has 0 saturated carbocycles. The summed E-state index contributed by atoms with van der Waals surface area (Å²) in [7, 11) is 1.34. The Labute approximate surface area is 136 Å². The van der Waals surface area contributed by atoms with Gasteiger partial charge in [0.15, 0.2) is 0 Å². The molecule has 0 atom stereocenters. The zero-order chi connectivity index (χ0) is 16.5. The summed E-state index contributed by atoms with van der Waals surface area (Å²) in [5.74, 6) is -0.525. The zero-order valence-electron chi connectivity index (χ0n) is 13.8. The first-order valence-electron chi connectivity index (χ1n) is 7.69. The second kappa shape index (κ2) is 9.58. The van der Waals surface area contributed by atoms with Gasteiger partial charge in [-0.2, -0.15) is 0 Å². The molecule has 0 aromatic carbocycles. The van der Waals surface area contributed by atoms with Crippen LogP contribution in [0.25, 0.3) is 0 Å². The van der Waals surface area contributed by atoms with Crippen LogP contribution in [0, 0.1) is 0 Å². The third-order valence-electron chi connectivity index (χ3n) is 3.44. The lowest BCUT2D eigenvalue weighted by molar-refractivity contribution is -0.117. The highest BCUT2D eigenvalue weighted by Gasteiger charge is 2.18. The summed E-state index contributed by atoms with van der Waals surface area (Å²) in [5.41, 5.74) is 0.527. The van der Waals surface area contributed by atoms with Crippen molar-refractivity contribution < 1.29 is 14.3 Å². The molecule has 0 bridgehead atoms. The van der Waals surface area contributed by atoms with Crippen LogP contribution in [0.4, 0.5) is 5.69 Å². The third kappa shape index (κ3) is 5.77.